The molecule has 0 saturated heterocycles. The molecule has 0 bridgehead atoms. The van der Waals surface area contributed by atoms with Crippen LogP contribution in [0.25, 0.3) is 131 Å². The fourth-order valence-corrected chi connectivity index (χ4v) is 9.95. The van der Waals surface area contributed by atoms with Crippen molar-refractivity contribution < 1.29 is 8.83 Å². The van der Waals surface area contributed by atoms with Crippen molar-refractivity contribution >= 4 is 97.7 Å². The van der Waals surface area contributed by atoms with Gasteiger partial charge in [-0.25, -0.2) is 0 Å². The van der Waals surface area contributed by atoms with E-state index in [-0.39, 0.29) is 0 Å². The highest BCUT2D eigenvalue weighted by Crippen LogP contribution is 2.49. The molecule has 0 amide bonds. The molecule has 58 heavy (non-hydrogen) atoms. The molecule has 2 heterocycles. The van der Waals surface area contributed by atoms with Gasteiger partial charge >= 0.3 is 0 Å². The Balaban J connectivity index is 1.08. The normalized spacial score (nSPS) is 12.1. The van der Waals surface area contributed by atoms with Gasteiger partial charge in [-0.1, -0.05) is 164 Å². The van der Waals surface area contributed by atoms with Crippen molar-refractivity contribution in [1.82, 2.24) is 0 Å². The fraction of sp³-hybridized carbons (Fsp3) is 0. The van der Waals surface area contributed by atoms with Gasteiger partial charge in [-0.15, -0.1) is 0 Å². The Labute approximate surface area is 332 Å². The van der Waals surface area contributed by atoms with Crippen LogP contribution in [0.15, 0.2) is 203 Å². The SMILES string of the molecule is c1ccc2cc(-c3c4ccccc4c(-c4ccc(-c5cc6oc7ccc8c9ccccc9oc8c7c6c6ccccc56)c5ccccc45)c4ccccc34)ccc2c1. The number of rotatable bonds is 3. The Morgan fingerprint density at radius 3 is 1.53 bits per heavy atom. The molecule has 11 aromatic carbocycles. The third-order valence-electron chi connectivity index (χ3n) is 12.4. The standard InChI is InChI=1S/C56H32O2/c1-2-14-34-31-35(26-25-33(34)13-1)52-42-20-7-9-22-44(42)53(45-23-10-8-21-43(45)52)46-28-27-39(36-15-3-4-16-37(36)46)48-32-51-54(41-19-6-5-17-38(41)48)55-50(57-51)30-29-47-40-18-11-12-24-49(40)58-56(47)55/h1-32H. The van der Waals surface area contributed by atoms with E-state index >= 15 is 0 Å². The number of furan rings is 2. The first-order valence-electron chi connectivity index (χ1n) is 19.9. The smallest absolute Gasteiger partial charge is 0.147 e. The van der Waals surface area contributed by atoms with Crippen LogP contribution in [0.5, 0.6) is 0 Å². The molecule has 0 spiro atoms. The topological polar surface area (TPSA) is 26.3 Å². The highest BCUT2D eigenvalue weighted by Gasteiger charge is 2.23. The number of fused-ring (bicyclic) bond motifs is 13. The highest BCUT2D eigenvalue weighted by molar-refractivity contribution is 6.30. The Morgan fingerprint density at radius 1 is 0.259 bits per heavy atom. The second-order valence-electron chi connectivity index (χ2n) is 15.5. The molecule has 0 saturated carbocycles. The number of hydrogen-bond donors (Lipinski definition) is 0. The van der Waals surface area contributed by atoms with Crippen LogP contribution in [0.4, 0.5) is 0 Å². The van der Waals surface area contributed by atoms with Crippen molar-refractivity contribution in [3.8, 4) is 33.4 Å². The lowest BCUT2D eigenvalue weighted by Gasteiger charge is -2.20. The molecule has 0 atom stereocenters. The quantitative estimate of drug-likeness (QED) is 0.169. The third-order valence-corrected chi connectivity index (χ3v) is 12.4. The van der Waals surface area contributed by atoms with E-state index in [9.17, 15) is 0 Å². The lowest BCUT2D eigenvalue weighted by atomic mass is 9.83. The zero-order valence-electron chi connectivity index (χ0n) is 31.3. The van der Waals surface area contributed by atoms with Crippen molar-refractivity contribution in [1.29, 1.82) is 0 Å². The molecular formula is C56H32O2. The lowest BCUT2D eigenvalue weighted by Crippen LogP contribution is -1.93. The molecule has 268 valence electrons. The van der Waals surface area contributed by atoms with Crippen molar-refractivity contribution in [2.45, 2.75) is 0 Å². The molecule has 0 aliphatic carbocycles. The van der Waals surface area contributed by atoms with Crippen LogP contribution < -0.4 is 0 Å². The fourth-order valence-electron chi connectivity index (χ4n) is 9.95. The molecule has 0 N–H and O–H groups in total. The molecular weight excluding hydrogens is 705 g/mol. The van der Waals surface area contributed by atoms with E-state index in [4.69, 9.17) is 8.83 Å². The summed E-state index contributed by atoms with van der Waals surface area (Å²) in [5.41, 5.74) is 10.7. The molecule has 13 rings (SSSR count). The van der Waals surface area contributed by atoms with Gasteiger partial charge in [0.25, 0.3) is 0 Å². The minimum Gasteiger partial charge on any atom is -0.456 e. The van der Waals surface area contributed by atoms with Crippen molar-refractivity contribution in [3.05, 3.63) is 194 Å². The molecule has 0 aliphatic rings. The Bertz CT molecular complexity index is 3800. The van der Waals surface area contributed by atoms with Crippen LogP contribution in [-0.2, 0) is 0 Å². The second-order valence-corrected chi connectivity index (χ2v) is 15.5. The van der Waals surface area contributed by atoms with E-state index in [1.807, 2.05) is 12.1 Å². The van der Waals surface area contributed by atoms with Gasteiger partial charge in [0, 0.05) is 16.2 Å². The van der Waals surface area contributed by atoms with Gasteiger partial charge in [-0.05, 0) is 118 Å². The minimum atomic E-state index is 0.829. The van der Waals surface area contributed by atoms with Crippen LogP contribution in [0.2, 0.25) is 0 Å². The summed E-state index contributed by atoms with van der Waals surface area (Å²) in [6.07, 6.45) is 0. The maximum Gasteiger partial charge on any atom is 0.147 e. The minimum absolute atomic E-state index is 0.829. The first-order chi connectivity index (χ1) is 28.8. The van der Waals surface area contributed by atoms with Gasteiger partial charge in [-0.2, -0.15) is 0 Å². The van der Waals surface area contributed by atoms with Crippen LogP contribution in [-0.4, -0.2) is 0 Å². The van der Waals surface area contributed by atoms with Gasteiger partial charge in [0.15, 0.2) is 0 Å². The zero-order valence-corrected chi connectivity index (χ0v) is 31.3. The summed E-state index contributed by atoms with van der Waals surface area (Å²) < 4.78 is 13.3. The van der Waals surface area contributed by atoms with E-state index in [0.29, 0.717) is 0 Å². The van der Waals surface area contributed by atoms with Gasteiger partial charge in [0.1, 0.15) is 22.3 Å². The van der Waals surface area contributed by atoms with Crippen molar-refractivity contribution in [2.24, 2.45) is 0 Å². The first kappa shape index (κ1) is 31.5. The van der Waals surface area contributed by atoms with Crippen molar-refractivity contribution in [3.63, 3.8) is 0 Å². The van der Waals surface area contributed by atoms with E-state index in [1.54, 1.807) is 0 Å². The summed E-state index contributed by atoms with van der Waals surface area (Å²) in [4.78, 5) is 0. The van der Waals surface area contributed by atoms with Crippen LogP contribution in [0, 0.1) is 0 Å². The van der Waals surface area contributed by atoms with Gasteiger partial charge in [-0.3, -0.25) is 0 Å². The molecule has 2 nitrogen and oxygen atoms in total. The molecule has 0 unspecified atom stereocenters. The second kappa shape index (κ2) is 11.9. The van der Waals surface area contributed by atoms with E-state index in [1.165, 1.54) is 76.3 Å². The highest BCUT2D eigenvalue weighted by atomic mass is 16.3. The van der Waals surface area contributed by atoms with Crippen LogP contribution >= 0.6 is 0 Å². The summed E-state index contributed by atoms with van der Waals surface area (Å²) >= 11 is 0. The van der Waals surface area contributed by atoms with E-state index in [0.717, 1.165) is 54.8 Å². The largest absolute Gasteiger partial charge is 0.456 e. The summed E-state index contributed by atoms with van der Waals surface area (Å²) in [7, 11) is 0. The first-order valence-corrected chi connectivity index (χ1v) is 19.9. The summed E-state index contributed by atoms with van der Waals surface area (Å²) in [6.45, 7) is 0. The summed E-state index contributed by atoms with van der Waals surface area (Å²) in [5, 5.41) is 16.6. The Kier molecular flexibility index (Phi) is 6.47. The molecule has 0 radical (unpaired) electrons. The molecule has 0 fully saturated rings. The summed E-state index contributed by atoms with van der Waals surface area (Å²) in [5.74, 6) is 0. The molecule has 2 aromatic heterocycles. The number of para-hydroxylation sites is 1. The predicted octanol–water partition coefficient (Wildman–Crippen LogP) is 16.3. The maximum absolute atomic E-state index is 6.74. The third kappa shape index (κ3) is 4.37. The zero-order chi connectivity index (χ0) is 37.9. The van der Waals surface area contributed by atoms with Gasteiger partial charge in [0.2, 0.25) is 0 Å². The lowest BCUT2D eigenvalue weighted by molar-refractivity contribution is 0.663. The monoisotopic (exact) mass is 736 g/mol. The van der Waals surface area contributed by atoms with Crippen LogP contribution in [0.1, 0.15) is 0 Å². The van der Waals surface area contributed by atoms with Crippen LogP contribution in [0.3, 0.4) is 0 Å². The van der Waals surface area contributed by atoms with Crippen molar-refractivity contribution in [2.75, 3.05) is 0 Å². The number of benzene rings is 11. The van der Waals surface area contributed by atoms with E-state index in [2.05, 4.69) is 182 Å². The average molecular weight is 737 g/mol. The molecule has 2 heteroatoms. The predicted molar refractivity (Wildman–Crippen MR) is 245 cm³/mol. The van der Waals surface area contributed by atoms with Gasteiger partial charge < -0.3 is 8.83 Å². The Hall–Kier alpha value is -7.68. The Morgan fingerprint density at radius 2 is 0.810 bits per heavy atom. The maximum atomic E-state index is 6.74. The summed E-state index contributed by atoms with van der Waals surface area (Å²) in [6, 6.07) is 70.4. The average Bonchev–Trinajstić information content (AvgIpc) is 3.86. The molecule has 13 aromatic rings. The van der Waals surface area contributed by atoms with Gasteiger partial charge in [0.05, 0.1) is 5.39 Å². The molecule has 0 aliphatic heterocycles. The number of hydrogen-bond acceptors (Lipinski definition) is 2. The van der Waals surface area contributed by atoms with E-state index < -0.39 is 0 Å².